The second-order valence-electron chi connectivity index (χ2n) is 4.50. The monoisotopic (exact) mass is 262 g/mol. The fraction of sp³-hybridized carbons (Fsp3) is 0.200. The molecule has 3 rings (SSSR count). The van der Waals surface area contributed by atoms with Gasteiger partial charge in [-0.2, -0.15) is 0 Å². The number of halogens is 2. The Labute approximate surface area is 110 Å². The fourth-order valence-corrected chi connectivity index (χ4v) is 2.63. The van der Waals surface area contributed by atoms with Gasteiger partial charge in [-0.3, -0.25) is 0 Å². The largest absolute Gasteiger partial charge is 0.492 e. The molecule has 1 aliphatic heterocycles. The van der Waals surface area contributed by atoms with E-state index in [2.05, 4.69) is 0 Å². The summed E-state index contributed by atoms with van der Waals surface area (Å²) in [6.45, 7) is 2.59. The van der Waals surface area contributed by atoms with E-state index in [1.165, 1.54) is 6.07 Å². The molecule has 0 saturated carbocycles. The maximum Gasteiger partial charge on any atom is 0.130 e. The quantitative estimate of drug-likeness (QED) is 0.741. The molecule has 0 N–H and O–H groups in total. The van der Waals surface area contributed by atoms with Gasteiger partial charge in [0.2, 0.25) is 0 Å². The number of benzene rings is 2. The van der Waals surface area contributed by atoms with Gasteiger partial charge in [0.1, 0.15) is 11.6 Å². The van der Waals surface area contributed by atoms with E-state index in [9.17, 15) is 4.39 Å². The zero-order valence-electron chi connectivity index (χ0n) is 9.97. The van der Waals surface area contributed by atoms with Crippen molar-refractivity contribution in [2.45, 2.75) is 13.3 Å². The summed E-state index contributed by atoms with van der Waals surface area (Å²) >= 11 is 5.95. The summed E-state index contributed by atoms with van der Waals surface area (Å²) in [6, 6.07) is 8.69. The first kappa shape index (κ1) is 11.5. The molecule has 2 aromatic rings. The van der Waals surface area contributed by atoms with Gasteiger partial charge < -0.3 is 4.74 Å². The van der Waals surface area contributed by atoms with E-state index in [-0.39, 0.29) is 5.82 Å². The molecule has 0 bridgehead atoms. The molecule has 1 heterocycles. The van der Waals surface area contributed by atoms with E-state index in [4.69, 9.17) is 16.3 Å². The van der Waals surface area contributed by atoms with Crippen LogP contribution in [-0.4, -0.2) is 6.61 Å². The van der Waals surface area contributed by atoms with Crippen LogP contribution in [0.5, 0.6) is 5.75 Å². The summed E-state index contributed by atoms with van der Waals surface area (Å²) in [5, 5.41) is 0.685. The lowest BCUT2D eigenvalue weighted by atomic mass is 9.97. The predicted molar refractivity (Wildman–Crippen MR) is 70.8 cm³/mol. The standard InChI is InChI=1S/C15H12ClFO/c1-9-6-11(16)2-3-13(9)14-8-12(17)7-10-4-5-18-15(10)14/h2-3,6-8H,4-5H2,1H3. The number of hydrogen-bond acceptors (Lipinski definition) is 1. The third-order valence-electron chi connectivity index (χ3n) is 3.23. The number of fused-ring (bicyclic) bond motifs is 1. The normalized spacial score (nSPS) is 13.3. The molecule has 0 amide bonds. The Bertz CT molecular complexity index is 622. The lowest BCUT2D eigenvalue weighted by molar-refractivity contribution is 0.358. The van der Waals surface area contributed by atoms with Crippen LogP contribution in [0.2, 0.25) is 5.02 Å². The molecule has 0 aromatic heterocycles. The van der Waals surface area contributed by atoms with Crippen LogP contribution in [0.25, 0.3) is 11.1 Å². The van der Waals surface area contributed by atoms with Crippen LogP contribution in [0.15, 0.2) is 30.3 Å². The van der Waals surface area contributed by atoms with E-state index >= 15 is 0 Å². The van der Waals surface area contributed by atoms with Crippen LogP contribution >= 0.6 is 11.6 Å². The molecule has 0 spiro atoms. The van der Waals surface area contributed by atoms with Crippen molar-refractivity contribution in [3.05, 3.63) is 52.3 Å². The van der Waals surface area contributed by atoms with Gasteiger partial charge in [-0.25, -0.2) is 4.39 Å². The average molecular weight is 263 g/mol. The fourth-order valence-electron chi connectivity index (χ4n) is 2.40. The number of hydrogen-bond donors (Lipinski definition) is 0. The van der Waals surface area contributed by atoms with Gasteiger partial charge in [-0.05, 0) is 42.3 Å². The van der Waals surface area contributed by atoms with E-state index in [1.54, 1.807) is 6.07 Å². The van der Waals surface area contributed by atoms with Crippen LogP contribution in [0.3, 0.4) is 0 Å². The molecule has 2 aromatic carbocycles. The van der Waals surface area contributed by atoms with Gasteiger partial charge in [-0.1, -0.05) is 17.7 Å². The van der Waals surface area contributed by atoms with Crippen LogP contribution in [0.1, 0.15) is 11.1 Å². The van der Waals surface area contributed by atoms with Crippen molar-refractivity contribution in [2.75, 3.05) is 6.61 Å². The van der Waals surface area contributed by atoms with Gasteiger partial charge in [-0.15, -0.1) is 0 Å². The Hall–Kier alpha value is -1.54. The highest BCUT2D eigenvalue weighted by Gasteiger charge is 2.20. The molecule has 0 unspecified atom stereocenters. The van der Waals surface area contributed by atoms with Gasteiger partial charge in [0.25, 0.3) is 0 Å². The summed E-state index contributed by atoms with van der Waals surface area (Å²) in [6.07, 6.45) is 0.771. The van der Waals surface area contributed by atoms with Gasteiger partial charge in [0.15, 0.2) is 0 Å². The lowest BCUT2D eigenvalue weighted by Gasteiger charge is -2.11. The summed E-state index contributed by atoms with van der Waals surface area (Å²) in [7, 11) is 0. The molecule has 0 atom stereocenters. The summed E-state index contributed by atoms with van der Waals surface area (Å²) in [5.41, 5.74) is 3.75. The number of aryl methyl sites for hydroxylation is 1. The highest BCUT2D eigenvalue weighted by atomic mass is 35.5. The molecule has 0 radical (unpaired) electrons. The molecule has 0 saturated heterocycles. The van der Waals surface area contributed by atoms with E-state index in [0.29, 0.717) is 11.6 Å². The summed E-state index contributed by atoms with van der Waals surface area (Å²) in [5.74, 6) is 0.588. The lowest BCUT2D eigenvalue weighted by Crippen LogP contribution is -1.91. The molecule has 0 fully saturated rings. The minimum atomic E-state index is -0.219. The third kappa shape index (κ3) is 1.87. The molecule has 1 aliphatic rings. The van der Waals surface area contributed by atoms with Gasteiger partial charge in [0.05, 0.1) is 6.61 Å². The van der Waals surface area contributed by atoms with Crippen LogP contribution in [0, 0.1) is 12.7 Å². The molecular weight excluding hydrogens is 251 g/mol. The van der Waals surface area contributed by atoms with Crippen molar-refractivity contribution < 1.29 is 9.13 Å². The van der Waals surface area contributed by atoms with Crippen molar-refractivity contribution in [1.29, 1.82) is 0 Å². The Morgan fingerprint density at radius 3 is 2.78 bits per heavy atom. The second kappa shape index (κ2) is 4.29. The topological polar surface area (TPSA) is 9.23 Å². The Morgan fingerprint density at radius 1 is 1.17 bits per heavy atom. The maximum atomic E-state index is 13.6. The molecule has 0 aliphatic carbocycles. The van der Waals surface area contributed by atoms with Crippen molar-refractivity contribution in [2.24, 2.45) is 0 Å². The minimum Gasteiger partial charge on any atom is -0.492 e. The van der Waals surface area contributed by atoms with Crippen molar-refractivity contribution in [1.82, 2.24) is 0 Å². The SMILES string of the molecule is Cc1cc(Cl)ccc1-c1cc(F)cc2c1OCC2. The van der Waals surface area contributed by atoms with E-state index < -0.39 is 0 Å². The van der Waals surface area contributed by atoms with Gasteiger partial charge in [0, 0.05) is 22.6 Å². The third-order valence-corrected chi connectivity index (χ3v) is 3.46. The first-order valence-corrected chi connectivity index (χ1v) is 6.25. The second-order valence-corrected chi connectivity index (χ2v) is 4.94. The average Bonchev–Trinajstić information content (AvgIpc) is 2.76. The van der Waals surface area contributed by atoms with Gasteiger partial charge >= 0.3 is 0 Å². The van der Waals surface area contributed by atoms with Crippen molar-refractivity contribution in [3.63, 3.8) is 0 Å². The molecule has 92 valence electrons. The summed E-state index contributed by atoms with van der Waals surface area (Å²) in [4.78, 5) is 0. The highest BCUT2D eigenvalue weighted by molar-refractivity contribution is 6.30. The Morgan fingerprint density at radius 2 is 2.00 bits per heavy atom. The highest BCUT2D eigenvalue weighted by Crippen LogP contribution is 2.39. The first-order chi connectivity index (χ1) is 8.65. The van der Waals surface area contributed by atoms with Crippen molar-refractivity contribution in [3.8, 4) is 16.9 Å². The zero-order valence-corrected chi connectivity index (χ0v) is 10.7. The maximum absolute atomic E-state index is 13.6. The number of rotatable bonds is 1. The molecular formula is C15H12ClFO. The first-order valence-electron chi connectivity index (χ1n) is 5.87. The van der Waals surface area contributed by atoms with Crippen LogP contribution < -0.4 is 4.74 Å². The zero-order chi connectivity index (χ0) is 12.7. The van der Waals surface area contributed by atoms with Crippen LogP contribution in [0.4, 0.5) is 4.39 Å². The summed E-state index contributed by atoms with van der Waals surface area (Å²) < 4.78 is 19.3. The van der Waals surface area contributed by atoms with Crippen LogP contribution in [-0.2, 0) is 6.42 Å². The smallest absolute Gasteiger partial charge is 0.130 e. The van der Waals surface area contributed by atoms with E-state index in [0.717, 1.165) is 34.4 Å². The predicted octanol–water partition coefficient (Wildman–Crippen LogP) is 4.39. The van der Waals surface area contributed by atoms with E-state index in [1.807, 2.05) is 25.1 Å². The minimum absolute atomic E-state index is 0.219. The Balaban J connectivity index is 2.23. The number of ether oxygens (including phenoxy) is 1. The molecule has 18 heavy (non-hydrogen) atoms. The van der Waals surface area contributed by atoms with Crippen molar-refractivity contribution >= 4 is 11.6 Å². The Kier molecular flexibility index (Phi) is 2.75. The molecule has 1 nitrogen and oxygen atoms in total. The molecule has 3 heteroatoms.